The molecule has 0 spiro atoms. The Morgan fingerprint density at radius 3 is 0.747 bits per heavy atom. The van der Waals surface area contributed by atoms with Crippen molar-refractivity contribution in [2.75, 3.05) is 13.2 Å². The fraction of sp³-hybridized carbons (Fsp3) is 0.494. The Hall–Kier alpha value is -6.27. The van der Waals surface area contributed by atoms with Crippen LogP contribution in [0.1, 0.15) is 226 Å². The SMILES string of the molecule is CC/C=C\C/C=C\C/C=C\C/C=C\C/C=C\C/C=C\C/C=C\C/C=C\CCCCC(=O)OCC(COC(=O)CCCCCCCC/C=C\C/C=C\C/C=C\C/C=C\CC)OC(=O)CC/C=C\C/C=C\C/C=C\C/C=C\C/C=C\C/C=C\CC. The average molecular weight is 1140 g/mol. The van der Waals surface area contributed by atoms with Gasteiger partial charge in [-0.1, -0.05) is 265 Å². The highest BCUT2D eigenvalue weighted by atomic mass is 16.6. The van der Waals surface area contributed by atoms with Gasteiger partial charge in [0.25, 0.3) is 0 Å². The summed E-state index contributed by atoms with van der Waals surface area (Å²) in [5.41, 5.74) is 0. The third-order valence-corrected chi connectivity index (χ3v) is 12.5. The van der Waals surface area contributed by atoms with Gasteiger partial charge in [-0.15, -0.1) is 0 Å². The summed E-state index contributed by atoms with van der Waals surface area (Å²) >= 11 is 0. The molecular weight excluding hydrogens is 1020 g/mol. The van der Waals surface area contributed by atoms with E-state index in [9.17, 15) is 14.4 Å². The van der Waals surface area contributed by atoms with Crippen molar-refractivity contribution in [2.24, 2.45) is 0 Å². The van der Waals surface area contributed by atoms with Gasteiger partial charge in [0.1, 0.15) is 13.2 Å². The molecule has 6 heteroatoms. The highest BCUT2D eigenvalue weighted by Crippen LogP contribution is 2.12. The van der Waals surface area contributed by atoms with Crippen molar-refractivity contribution in [2.45, 2.75) is 232 Å². The first-order valence-electron chi connectivity index (χ1n) is 32.2. The van der Waals surface area contributed by atoms with Gasteiger partial charge in [0.15, 0.2) is 6.10 Å². The molecule has 0 saturated heterocycles. The number of ether oxygens (including phenoxy) is 3. The summed E-state index contributed by atoms with van der Waals surface area (Å²) in [6.45, 7) is 6.17. The zero-order valence-corrected chi connectivity index (χ0v) is 52.4. The second-order valence-electron chi connectivity index (χ2n) is 20.2. The predicted molar refractivity (Wildman–Crippen MR) is 361 cm³/mol. The predicted octanol–water partition coefficient (Wildman–Crippen LogP) is 22.5. The van der Waals surface area contributed by atoms with Gasteiger partial charge in [-0.05, 0) is 161 Å². The first-order chi connectivity index (χ1) is 41.0. The number of hydrogen-bond donors (Lipinski definition) is 0. The van der Waals surface area contributed by atoms with Crippen molar-refractivity contribution in [1.29, 1.82) is 0 Å². The number of unbranched alkanes of at least 4 members (excludes halogenated alkanes) is 8. The van der Waals surface area contributed by atoms with Crippen LogP contribution in [0, 0.1) is 0 Å². The lowest BCUT2D eigenvalue weighted by Gasteiger charge is -2.18. The Labute approximate surface area is 508 Å². The summed E-state index contributed by atoms with van der Waals surface area (Å²) in [7, 11) is 0. The summed E-state index contributed by atoms with van der Waals surface area (Å²) in [6.07, 6.45) is 107. The topological polar surface area (TPSA) is 78.9 Å². The molecular formula is C77H114O6. The molecule has 0 rings (SSSR count). The minimum absolute atomic E-state index is 0.143. The zero-order valence-electron chi connectivity index (χ0n) is 52.4. The monoisotopic (exact) mass is 1130 g/mol. The molecule has 0 heterocycles. The number of rotatable bonds is 55. The van der Waals surface area contributed by atoms with Gasteiger partial charge in [0, 0.05) is 19.3 Å². The number of hydrogen-bond acceptors (Lipinski definition) is 6. The fourth-order valence-electron chi connectivity index (χ4n) is 7.77. The standard InChI is InChI=1S/C77H114O6/c1-4-7-10-13-16-19-22-25-28-31-34-35-36-37-38-39-40-41-44-46-49-52-55-58-61-64-67-70-76(79)82-73-74(83-77(80)71-68-65-62-59-56-53-50-47-43-33-30-27-24-21-18-15-12-9-6-3)72-81-75(78)69-66-63-60-57-54-51-48-45-42-32-29-26-23-20-17-14-11-8-5-2/h7-12,16-21,25-30,34-35,37-38,40-43,45-47,49,53,55-56,58,62,65,74H,4-6,13-15,22-24,31-33,36,39,44,48,50-52,54,57,59-61,63-64,66-73H2,1-3H3/b10-7-,11-8-,12-9-,19-16-,20-17-,21-18-,28-25-,29-26-,30-27-,35-34-,38-37-,41-40-,45-42-,47-43-,49-46-,56-53-,58-55-,65-62-. The Bertz CT molecular complexity index is 2080. The molecule has 0 aliphatic heterocycles. The van der Waals surface area contributed by atoms with Crippen LogP contribution < -0.4 is 0 Å². The molecule has 1 unspecified atom stereocenters. The van der Waals surface area contributed by atoms with E-state index in [1.807, 2.05) is 12.2 Å². The molecule has 0 saturated carbocycles. The molecule has 0 aliphatic carbocycles. The van der Waals surface area contributed by atoms with E-state index < -0.39 is 12.1 Å². The maximum atomic E-state index is 12.9. The smallest absolute Gasteiger partial charge is 0.306 e. The molecule has 0 aromatic carbocycles. The molecule has 0 amide bonds. The number of carbonyl (C=O) groups excluding carboxylic acids is 3. The van der Waals surface area contributed by atoms with Crippen LogP contribution in [-0.2, 0) is 28.6 Å². The van der Waals surface area contributed by atoms with Crippen LogP contribution in [0.25, 0.3) is 0 Å². The molecule has 0 fully saturated rings. The molecule has 0 N–H and O–H groups in total. The summed E-state index contributed by atoms with van der Waals surface area (Å²) in [4.78, 5) is 38.3. The van der Waals surface area contributed by atoms with E-state index >= 15 is 0 Å². The van der Waals surface area contributed by atoms with Crippen LogP contribution >= 0.6 is 0 Å². The van der Waals surface area contributed by atoms with Crippen molar-refractivity contribution < 1.29 is 28.6 Å². The van der Waals surface area contributed by atoms with E-state index in [4.69, 9.17) is 14.2 Å². The zero-order chi connectivity index (χ0) is 59.9. The Balaban J connectivity index is 4.63. The van der Waals surface area contributed by atoms with Crippen molar-refractivity contribution in [1.82, 2.24) is 0 Å². The summed E-state index contributed by atoms with van der Waals surface area (Å²) in [6, 6.07) is 0. The lowest BCUT2D eigenvalue weighted by atomic mass is 10.1. The van der Waals surface area contributed by atoms with Gasteiger partial charge in [-0.3, -0.25) is 14.4 Å². The van der Waals surface area contributed by atoms with Crippen molar-refractivity contribution in [3.05, 3.63) is 219 Å². The van der Waals surface area contributed by atoms with E-state index in [1.54, 1.807) is 0 Å². The average Bonchev–Trinajstić information content (AvgIpc) is 3.50. The normalized spacial score (nSPS) is 13.6. The van der Waals surface area contributed by atoms with Crippen LogP contribution in [0.3, 0.4) is 0 Å². The second kappa shape index (κ2) is 68.2. The minimum atomic E-state index is -0.860. The van der Waals surface area contributed by atoms with Crippen LogP contribution in [-0.4, -0.2) is 37.2 Å². The molecule has 1 atom stereocenters. The third-order valence-electron chi connectivity index (χ3n) is 12.5. The maximum Gasteiger partial charge on any atom is 0.306 e. The van der Waals surface area contributed by atoms with E-state index in [0.29, 0.717) is 19.3 Å². The minimum Gasteiger partial charge on any atom is -0.462 e. The molecule has 0 bridgehead atoms. The van der Waals surface area contributed by atoms with Crippen LogP contribution in [0.5, 0.6) is 0 Å². The van der Waals surface area contributed by atoms with Gasteiger partial charge in [0.05, 0.1) is 0 Å². The molecule has 458 valence electrons. The largest absolute Gasteiger partial charge is 0.462 e. The van der Waals surface area contributed by atoms with E-state index in [2.05, 4.69) is 227 Å². The van der Waals surface area contributed by atoms with Gasteiger partial charge in [-0.25, -0.2) is 0 Å². The number of esters is 3. The van der Waals surface area contributed by atoms with Gasteiger partial charge in [0.2, 0.25) is 0 Å². The first kappa shape index (κ1) is 76.7. The van der Waals surface area contributed by atoms with Crippen LogP contribution in [0.2, 0.25) is 0 Å². The molecule has 6 nitrogen and oxygen atoms in total. The number of carbonyl (C=O) groups is 3. The highest BCUT2D eigenvalue weighted by Gasteiger charge is 2.19. The fourth-order valence-corrected chi connectivity index (χ4v) is 7.77. The third kappa shape index (κ3) is 66.4. The lowest BCUT2D eigenvalue weighted by molar-refractivity contribution is -0.166. The van der Waals surface area contributed by atoms with Crippen molar-refractivity contribution in [3.63, 3.8) is 0 Å². The lowest BCUT2D eigenvalue weighted by Crippen LogP contribution is -2.30. The molecule has 0 aliphatic rings. The Morgan fingerprint density at radius 2 is 0.458 bits per heavy atom. The van der Waals surface area contributed by atoms with Crippen molar-refractivity contribution in [3.8, 4) is 0 Å². The first-order valence-corrected chi connectivity index (χ1v) is 32.2. The summed E-state index contributed by atoms with van der Waals surface area (Å²) in [5, 5.41) is 0. The van der Waals surface area contributed by atoms with E-state index in [1.165, 1.54) is 12.8 Å². The molecule has 0 radical (unpaired) electrons. The van der Waals surface area contributed by atoms with E-state index in [0.717, 1.165) is 161 Å². The molecule has 83 heavy (non-hydrogen) atoms. The highest BCUT2D eigenvalue weighted by molar-refractivity contribution is 5.71. The van der Waals surface area contributed by atoms with Crippen LogP contribution in [0.4, 0.5) is 0 Å². The van der Waals surface area contributed by atoms with Gasteiger partial charge < -0.3 is 14.2 Å². The van der Waals surface area contributed by atoms with Crippen molar-refractivity contribution >= 4 is 17.9 Å². The Kier molecular flexibility index (Phi) is 63.1. The molecule has 0 aromatic heterocycles. The number of allylic oxidation sites excluding steroid dienone is 36. The summed E-state index contributed by atoms with van der Waals surface area (Å²) < 4.78 is 16.8. The maximum absolute atomic E-state index is 12.9. The summed E-state index contributed by atoms with van der Waals surface area (Å²) in [5.74, 6) is -1.10. The van der Waals surface area contributed by atoms with Crippen LogP contribution in [0.15, 0.2) is 219 Å². The second-order valence-corrected chi connectivity index (χ2v) is 20.2. The van der Waals surface area contributed by atoms with Gasteiger partial charge >= 0.3 is 17.9 Å². The quantitative estimate of drug-likeness (QED) is 0.0261. The van der Waals surface area contributed by atoms with Gasteiger partial charge in [-0.2, -0.15) is 0 Å². The van der Waals surface area contributed by atoms with E-state index in [-0.39, 0.29) is 38.0 Å². The Morgan fingerprint density at radius 1 is 0.241 bits per heavy atom. The molecule has 0 aromatic rings.